The lowest BCUT2D eigenvalue weighted by Crippen LogP contribution is -2.41. The topological polar surface area (TPSA) is 74.8 Å². The Labute approximate surface area is 282 Å². The zero-order valence-electron chi connectivity index (χ0n) is 28.5. The number of unbranched alkanes of at least 4 members (excludes halogenated alkanes) is 12. The molecule has 4 amide bonds. The lowest BCUT2D eigenvalue weighted by Gasteiger charge is -2.30. The van der Waals surface area contributed by atoms with Crippen LogP contribution >= 0.6 is 0 Å². The van der Waals surface area contributed by atoms with Crippen molar-refractivity contribution in [3.8, 4) is 0 Å². The Kier molecular flexibility index (Phi) is 9.17. The van der Waals surface area contributed by atoms with Gasteiger partial charge in [0.05, 0.1) is 0 Å². The minimum absolute atomic E-state index is 0.224. The summed E-state index contributed by atoms with van der Waals surface area (Å²) in [7, 11) is 0. The number of imide groups is 2. The van der Waals surface area contributed by atoms with Gasteiger partial charge in [-0.05, 0) is 69.4 Å². The first kappa shape index (κ1) is 32.2. The van der Waals surface area contributed by atoms with E-state index in [0.29, 0.717) is 46.1 Å². The quantitative estimate of drug-likeness (QED) is 0.0464. The SMILES string of the molecule is CCCCCCCCCCCCN1C(=O)c2ccc3c4ccc5c6c(ccc(c7ccc(c2c37)C1=O)c64)C(=O)N(CCCCCC)C5=O. The lowest BCUT2D eigenvalue weighted by molar-refractivity contribution is 0.0592. The minimum Gasteiger partial charge on any atom is -0.274 e. The minimum atomic E-state index is -0.234. The van der Waals surface area contributed by atoms with E-state index in [1.165, 1.54) is 54.7 Å². The first-order valence-electron chi connectivity index (χ1n) is 18.4. The van der Waals surface area contributed by atoms with E-state index in [-0.39, 0.29) is 23.6 Å². The number of benzene rings is 5. The Morgan fingerprint density at radius 2 is 0.625 bits per heavy atom. The summed E-state index contributed by atoms with van der Waals surface area (Å²) in [4.78, 5) is 57.9. The molecule has 0 saturated carbocycles. The van der Waals surface area contributed by atoms with Crippen LogP contribution in [0.3, 0.4) is 0 Å². The number of carbonyl (C=O) groups excluding carboxylic acids is 4. The summed E-state index contributed by atoms with van der Waals surface area (Å²) in [6, 6.07) is 15.3. The number of hydrogen-bond acceptors (Lipinski definition) is 4. The van der Waals surface area contributed by atoms with Crippen molar-refractivity contribution in [3.63, 3.8) is 0 Å². The van der Waals surface area contributed by atoms with Gasteiger partial charge in [0.25, 0.3) is 23.6 Å². The highest BCUT2D eigenvalue weighted by Crippen LogP contribution is 2.46. The zero-order valence-corrected chi connectivity index (χ0v) is 28.5. The zero-order chi connectivity index (χ0) is 33.4. The average Bonchev–Trinajstić information content (AvgIpc) is 3.10. The van der Waals surface area contributed by atoms with E-state index in [9.17, 15) is 19.2 Å². The number of amides is 4. The highest BCUT2D eigenvalue weighted by molar-refractivity contribution is 6.41. The highest BCUT2D eigenvalue weighted by atomic mass is 16.2. The van der Waals surface area contributed by atoms with Crippen LogP contribution in [0.5, 0.6) is 0 Å². The largest absolute Gasteiger partial charge is 0.274 e. The molecule has 5 aromatic carbocycles. The molecule has 5 aromatic rings. The van der Waals surface area contributed by atoms with Crippen molar-refractivity contribution in [1.82, 2.24) is 9.80 Å². The van der Waals surface area contributed by atoms with Crippen LogP contribution < -0.4 is 0 Å². The maximum atomic E-state index is 13.8. The summed E-state index contributed by atoms with van der Waals surface area (Å²) >= 11 is 0. The smallest absolute Gasteiger partial charge is 0.261 e. The van der Waals surface area contributed by atoms with Gasteiger partial charge in [-0.25, -0.2) is 0 Å². The number of rotatable bonds is 16. The molecule has 48 heavy (non-hydrogen) atoms. The molecule has 0 aromatic heterocycles. The summed E-state index contributed by atoms with van der Waals surface area (Å²) in [5, 5.41) is 6.90. The van der Waals surface area contributed by atoms with Crippen LogP contribution in [-0.2, 0) is 0 Å². The second-order valence-electron chi connectivity index (χ2n) is 13.9. The summed E-state index contributed by atoms with van der Waals surface area (Å²) in [6.07, 6.45) is 15.9. The molecular formula is C42H46N2O4. The molecule has 0 saturated heterocycles. The van der Waals surface area contributed by atoms with Gasteiger partial charge in [0.15, 0.2) is 0 Å². The maximum absolute atomic E-state index is 13.8. The van der Waals surface area contributed by atoms with Crippen molar-refractivity contribution in [1.29, 1.82) is 0 Å². The standard InChI is InChI=1S/C42H46N2O4/c1-3-5-7-9-10-11-12-13-14-16-26-44-41(47)33-23-19-29-27-17-21-31-37-32(40(46)43(39(31)45)25-15-8-6-4-2)22-18-28(35(27)37)30-20-24-34(42(44)48)38(33)36(29)30/h17-24H,3-16,25-26H2,1-2H3. The van der Waals surface area contributed by atoms with Crippen LogP contribution in [0.4, 0.5) is 0 Å². The predicted molar refractivity (Wildman–Crippen MR) is 194 cm³/mol. The predicted octanol–water partition coefficient (Wildman–Crippen LogP) is 10.4. The Morgan fingerprint density at radius 3 is 0.938 bits per heavy atom. The molecular weight excluding hydrogens is 596 g/mol. The van der Waals surface area contributed by atoms with E-state index in [0.717, 1.165) is 77.3 Å². The van der Waals surface area contributed by atoms with Gasteiger partial charge in [-0.15, -0.1) is 0 Å². The number of carbonyl (C=O) groups is 4. The molecule has 0 fully saturated rings. The maximum Gasteiger partial charge on any atom is 0.261 e. The van der Waals surface area contributed by atoms with Gasteiger partial charge in [-0.1, -0.05) is 115 Å². The molecule has 6 nitrogen and oxygen atoms in total. The number of nitrogens with zero attached hydrogens (tertiary/aromatic N) is 2. The molecule has 0 N–H and O–H groups in total. The summed E-state index contributed by atoms with van der Waals surface area (Å²) < 4.78 is 0. The monoisotopic (exact) mass is 642 g/mol. The Hall–Kier alpha value is -4.32. The van der Waals surface area contributed by atoms with Crippen molar-refractivity contribution >= 4 is 66.7 Å². The molecule has 248 valence electrons. The fourth-order valence-electron chi connectivity index (χ4n) is 8.23. The van der Waals surface area contributed by atoms with Gasteiger partial charge < -0.3 is 0 Å². The fourth-order valence-corrected chi connectivity index (χ4v) is 8.23. The summed E-state index contributed by atoms with van der Waals surface area (Å²) in [5.41, 5.74) is 2.25. The Morgan fingerprint density at radius 1 is 0.354 bits per heavy atom. The highest BCUT2D eigenvalue weighted by Gasteiger charge is 2.36. The van der Waals surface area contributed by atoms with Crippen molar-refractivity contribution in [2.45, 2.75) is 104 Å². The molecule has 0 spiro atoms. The molecule has 0 atom stereocenters. The van der Waals surface area contributed by atoms with Gasteiger partial charge >= 0.3 is 0 Å². The van der Waals surface area contributed by atoms with Gasteiger partial charge in [0.1, 0.15) is 0 Å². The van der Waals surface area contributed by atoms with Crippen molar-refractivity contribution in [2.75, 3.05) is 13.1 Å². The fraction of sp³-hybridized carbons (Fsp3) is 0.429. The van der Waals surface area contributed by atoms with E-state index in [2.05, 4.69) is 13.8 Å². The van der Waals surface area contributed by atoms with E-state index >= 15 is 0 Å². The third-order valence-electron chi connectivity index (χ3n) is 10.8. The van der Waals surface area contributed by atoms with Crippen LogP contribution in [0, 0.1) is 0 Å². The Balaban J connectivity index is 1.18. The van der Waals surface area contributed by atoms with Gasteiger partial charge in [-0.3, -0.25) is 29.0 Å². The van der Waals surface area contributed by atoms with Crippen molar-refractivity contribution in [3.05, 3.63) is 70.8 Å². The first-order valence-corrected chi connectivity index (χ1v) is 18.4. The van der Waals surface area contributed by atoms with Crippen LogP contribution in [0.15, 0.2) is 48.5 Å². The molecule has 2 aliphatic rings. The third-order valence-corrected chi connectivity index (χ3v) is 10.8. The normalized spacial score (nSPS) is 14.6. The van der Waals surface area contributed by atoms with Crippen molar-refractivity contribution < 1.29 is 19.2 Å². The van der Waals surface area contributed by atoms with Crippen LogP contribution in [0.2, 0.25) is 0 Å². The van der Waals surface area contributed by atoms with Gasteiger partial charge in [0, 0.05) is 46.1 Å². The molecule has 6 heteroatoms. The lowest BCUT2D eigenvalue weighted by atomic mass is 9.82. The van der Waals surface area contributed by atoms with Gasteiger partial charge in [0.2, 0.25) is 0 Å². The Bertz CT molecular complexity index is 1940. The molecule has 0 aliphatic carbocycles. The molecule has 0 bridgehead atoms. The van der Waals surface area contributed by atoms with E-state index in [1.54, 1.807) is 0 Å². The van der Waals surface area contributed by atoms with E-state index in [1.807, 2.05) is 48.5 Å². The van der Waals surface area contributed by atoms with Crippen LogP contribution in [0.25, 0.3) is 43.1 Å². The molecule has 7 rings (SSSR count). The molecule has 0 unspecified atom stereocenters. The second-order valence-corrected chi connectivity index (χ2v) is 13.9. The second kappa shape index (κ2) is 13.7. The molecule has 2 aliphatic heterocycles. The van der Waals surface area contributed by atoms with Crippen LogP contribution in [-0.4, -0.2) is 46.5 Å². The van der Waals surface area contributed by atoms with E-state index in [4.69, 9.17) is 0 Å². The summed E-state index contributed by atoms with van der Waals surface area (Å²) in [6.45, 7) is 5.24. The van der Waals surface area contributed by atoms with Crippen LogP contribution in [0.1, 0.15) is 145 Å². The van der Waals surface area contributed by atoms with Gasteiger partial charge in [-0.2, -0.15) is 0 Å². The number of hydrogen-bond donors (Lipinski definition) is 0. The summed E-state index contributed by atoms with van der Waals surface area (Å²) in [5.74, 6) is -0.915. The van der Waals surface area contributed by atoms with Crippen molar-refractivity contribution in [2.24, 2.45) is 0 Å². The number of fused-ring (bicyclic) bond motifs is 2. The third kappa shape index (κ3) is 5.34. The molecule has 0 radical (unpaired) electrons. The molecule has 2 heterocycles. The average molecular weight is 643 g/mol. The van der Waals surface area contributed by atoms with E-state index < -0.39 is 0 Å². The first-order chi connectivity index (χ1) is 23.5.